The molecule has 0 aliphatic carbocycles. The maximum Gasteiger partial charge on any atom is 0.344 e. The van der Waals surface area contributed by atoms with Crippen molar-refractivity contribution in [1.29, 1.82) is 0 Å². The average molecular weight is 345 g/mol. The highest BCUT2D eigenvalue weighted by molar-refractivity contribution is 6.30. The molecular formula is C18H17ClN2O3. The lowest BCUT2D eigenvalue weighted by Crippen LogP contribution is -2.25. The van der Waals surface area contributed by atoms with Gasteiger partial charge < -0.3 is 9.64 Å². The van der Waals surface area contributed by atoms with Crippen molar-refractivity contribution in [3.8, 4) is 0 Å². The first kappa shape index (κ1) is 16.3. The highest BCUT2D eigenvalue weighted by Crippen LogP contribution is 2.19. The molecule has 1 aromatic heterocycles. The molecular weight excluding hydrogens is 328 g/mol. The van der Waals surface area contributed by atoms with E-state index >= 15 is 0 Å². The van der Waals surface area contributed by atoms with Crippen molar-refractivity contribution in [1.82, 2.24) is 9.47 Å². The van der Waals surface area contributed by atoms with Gasteiger partial charge in [0.05, 0.1) is 11.8 Å². The molecule has 1 aliphatic heterocycles. The second-order valence-corrected chi connectivity index (χ2v) is 5.94. The van der Waals surface area contributed by atoms with Gasteiger partial charge in [-0.1, -0.05) is 17.7 Å². The molecule has 0 atom stereocenters. The third-order valence-electron chi connectivity index (χ3n) is 3.80. The van der Waals surface area contributed by atoms with Crippen LogP contribution in [-0.4, -0.2) is 28.5 Å². The first-order valence-corrected chi connectivity index (χ1v) is 8.13. The Morgan fingerprint density at radius 3 is 2.46 bits per heavy atom. The van der Waals surface area contributed by atoms with Crippen molar-refractivity contribution >= 4 is 23.8 Å². The average Bonchev–Trinajstić information content (AvgIpc) is 3.11. The zero-order chi connectivity index (χ0) is 16.9. The number of carbonyl (C=O) groups is 1. The van der Waals surface area contributed by atoms with E-state index in [0.29, 0.717) is 16.5 Å². The van der Waals surface area contributed by atoms with Crippen LogP contribution in [0.4, 0.5) is 0 Å². The lowest BCUT2D eigenvalue weighted by atomic mass is 10.2. The van der Waals surface area contributed by atoms with Crippen LogP contribution in [0.5, 0.6) is 0 Å². The zero-order valence-corrected chi connectivity index (χ0v) is 13.8. The van der Waals surface area contributed by atoms with E-state index in [9.17, 15) is 9.59 Å². The van der Waals surface area contributed by atoms with Gasteiger partial charge in [-0.05, 0) is 43.2 Å². The van der Waals surface area contributed by atoms with Crippen molar-refractivity contribution in [2.75, 3.05) is 13.1 Å². The third-order valence-corrected chi connectivity index (χ3v) is 4.05. The molecule has 1 saturated heterocycles. The molecule has 1 aromatic carbocycles. The predicted octanol–water partition coefficient (Wildman–Crippen LogP) is 3.21. The minimum Gasteiger partial charge on any atom is -0.404 e. The maximum atomic E-state index is 12.4. The molecule has 5 nitrogen and oxygen atoms in total. The van der Waals surface area contributed by atoms with Gasteiger partial charge >= 0.3 is 5.97 Å². The summed E-state index contributed by atoms with van der Waals surface area (Å²) in [7, 11) is 0. The van der Waals surface area contributed by atoms with Crippen LogP contribution in [0.15, 0.2) is 59.3 Å². The summed E-state index contributed by atoms with van der Waals surface area (Å²) in [5.74, 6) is -0.102. The summed E-state index contributed by atoms with van der Waals surface area (Å²) in [5.41, 5.74) is 0.224. The van der Waals surface area contributed by atoms with E-state index in [1.54, 1.807) is 48.8 Å². The molecule has 2 aromatic rings. The quantitative estimate of drug-likeness (QED) is 0.631. The molecule has 1 aliphatic rings. The van der Waals surface area contributed by atoms with Crippen LogP contribution in [0, 0.1) is 0 Å². The molecule has 0 bridgehead atoms. The molecule has 0 spiro atoms. The van der Waals surface area contributed by atoms with E-state index in [4.69, 9.17) is 16.3 Å². The molecule has 0 amide bonds. The van der Waals surface area contributed by atoms with Gasteiger partial charge in [-0.3, -0.25) is 9.36 Å². The van der Waals surface area contributed by atoms with Gasteiger partial charge in [0.1, 0.15) is 0 Å². The molecule has 3 rings (SSSR count). The number of carbonyl (C=O) groups excluding carboxylic acids is 1. The molecule has 0 saturated carbocycles. The fraction of sp³-hybridized carbons (Fsp3) is 0.222. The van der Waals surface area contributed by atoms with Crippen molar-refractivity contribution in [2.24, 2.45) is 0 Å². The summed E-state index contributed by atoms with van der Waals surface area (Å²) < 4.78 is 6.97. The number of hydrogen-bond acceptors (Lipinski definition) is 4. The van der Waals surface area contributed by atoms with Crippen LogP contribution in [0.1, 0.15) is 23.2 Å². The number of rotatable bonds is 4. The van der Waals surface area contributed by atoms with Gasteiger partial charge in [0.2, 0.25) is 5.88 Å². The van der Waals surface area contributed by atoms with Crippen molar-refractivity contribution in [3.05, 3.63) is 75.5 Å². The van der Waals surface area contributed by atoms with Gasteiger partial charge in [0.15, 0.2) is 0 Å². The number of hydrogen-bond donors (Lipinski definition) is 0. The number of esters is 1. The van der Waals surface area contributed by atoms with E-state index in [-0.39, 0.29) is 5.56 Å². The van der Waals surface area contributed by atoms with Crippen molar-refractivity contribution in [3.63, 3.8) is 0 Å². The summed E-state index contributed by atoms with van der Waals surface area (Å²) in [6.45, 7) is 1.59. The lowest BCUT2D eigenvalue weighted by Gasteiger charge is -2.20. The molecule has 24 heavy (non-hydrogen) atoms. The number of likely N-dealkylation sites (tertiary alicyclic amines) is 1. The number of halogens is 1. The van der Waals surface area contributed by atoms with Crippen LogP contribution in [0.25, 0.3) is 6.20 Å². The summed E-state index contributed by atoms with van der Waals surface area (Å²) in [6.07, 6.45) is 5.25. The SMILES string of the molecule is O=C(OC(=Cn1ccccc1=O)N1CCCC1)c1ccc(Cl)cc1. The number of ether oxygens (including phenoxy) is 1. The molecule has 6 heteroatoms. The van der Waals surface area contributed by atoms with Crippen LogP contribution in [-0.2, 0) is 4.74 Å². The lowest BCUT2D eigenvalue weighted by molar-refractivity contribution is 0.0524. The van der Waals surface area contributed by atoms with E-state index < -0.39 is 5.97 Å². The van der Waals surface area contributed by atoms with Crippen LogP contribution >= 0.6 is 11.6 Å². The van der Waals surface area contributed by atoms with E-state index in [1.807, 2.05) is 4.90 Å². The second kappa shape index (κ2) is 7.36. The number of benzene rings is 1. The minimum atomic E-state index is -0.478. The first-order chi connectivity index (χ1) is 11.6. The zero-order valence-electron chi connectivity index (χ0n) is 13.0. The Balaban J connectivity index is 1.88. The highest BCUT2D eigenvalue weighted by atomic mass is 35.5. The van der Waals surface area contributed by atoms with Crippen LogP contribution < -0.4 is 5.56 Å². The van der Waals surface area contributed by atoms with E-state index in [2.05, 4.69) is 0 Å². The molecule has 124 valence electrons. The molecule has 0 unspecified atom stereocenters. The monoisotopic (exact) mass is 344 g/mol. The third kappa shape index (κ3) is 3.86. The normalized spacial score (nSPS) is 14.7. The van der Waals surface area contributed by atoms with Gasteiger partial charge in [-0.25, -0.2) is 4.79 Å². The van der Waals surface area contributed by atoms with Gasteiger partial charge in [-0.2, -0.15) is 0 Å². The fourth-order valence-electron chi connectivity index (χ4n) is 2.52. The minimum absolute atomic E-state index is 0.184. The Bertz CT molecular complexity index is 806. The largest absolute Gasteiger partial charge is 0.404 e. The van der Waals surface area contributed by atoms with Crippen molar-refractivity contribution in [2.45, 2.75) is 12.8 Å². The second-order valence-electron chi connectivity index (χ2n) is 5.50. The topological polar surface area (TPSA) is 51.5 Å². The summed E-state index contributed by atoms with van der Waals surface area (Å²) in [4.78, 5) is 26.3. The Labute approximate surface area is 144 Å². The maximum absolute atomic E-state index is 12.4. The Morgan fingerprint density at radius 1 is 1.08 bits per heavy atom. The summed E-state index contributed by atoms with van der Waals surface area (Å²) >= 11 is 5.84. The predicted molar refractivity (Wildman–Crippen MR) is 92.6 cm³/mol. The van der Waals surface area contributed by atoms with E-state index in [1.165, 1.54) is 10.6 Å². The van der Waals surface area contributed by atoms with Crippen LogP contribution in [0.3, 0.4) is 0 Å². The molecule has 2 heterocycles. The molecule has 0 N–H and O–H groups in total. The van der Waals surface area contributed by atoms with E-state index in [0.717, 1.165) is 25.9 Å². The molecule has 0 radical (unpaired) electrons. The number of aromatic nitrogens is 1. The van der Waals surface area contributed by atoms with Gasteiger partial charge in [0, 0.05) is 30.4 Å². The Kier molecular flexibility index (Phi) is 5.01. The smallest absolute Gasteiger partial charge is 0.344 e. The number of pyridine rings is 1. The highest BCUT2D eigenvalue weighted by Gasteiger charge is 2.20. The number of nitrogens with zero attached hydrogens (tertiary/aromatic N) is 2. The standard InChI is InChI=1S/C18H17ClN2O3/c19-15-8-6-14(7-9-15)18(23)24-17(20-10-3-4-11-20)13-21-12-2-1-5-16(21)22/h1-2,5-9,12-13H,3-4,10-11H2. The summed E-state index contributed by atoms with van der Waals surface area (Å²) in [6, 6.07) is 11.4. The fourth-order valence-corrected chi connectivity index (χ4v) is 2.64. The van der Waals surface area contributed by atoms with Gasteiger partial charge in [0.25, 0.3) is 5.56 Å². The molecule has 1 fully saturated rings. The first-order valence-electron chi connectivity index (χ1n) is 7.75. The Hall–Kier alpha value is -2.53. The van der Waals surface area contributed by atoms with Crippen LogP contribution in [0.2, 0.25) is 5.02 Å². The summed E-state index contributed by atoms with van der Waals surface area (Å²) in [5, 5.41) is 0.553. The van der Waals surface area contributed by atoms with Gasteiger partial charge in [-0.15, -0.1) is 0 Å². The van der Waals surface area contributed by atoms with Crippen molar-refractivity contribution < 1.29 is 9.53 Å². The Morgan fingerprint density at radius 2 is 1.79 bits per heavy atom.